The van der Waals surface area contributed by atoms with Crippen LogP contribution in [0.2, 0.25) is 0 Å². The first kappa shape index (κ1) is 15.8. The molecule has 19 heavy (non-hydrogen) atoms. The normalized spacial score (nSPS) is 15.1. The zero-order valence-electron chi connectivity index (χ0n) is 10.7. The van der Waals surface area contributed by atoms with Crippen LogP contribution in [-0.4, -0.2) is 23.9 Å². The lowest BCUT2D eigenvalue weighted by Gasteiger charge is -2.19. The minimum atomic E-state index is -4.49. The molecule has 0 aliphatic carbocycles. The summed E-state index contributed by atoms with van der Waals surface area (Å²) < 4.78 is 42.2. The third-order valence-corrected chi connectivity index (χ3v) is 2.64. The van der Waals surface area contributed by atoms with E-state index in [4.69, 9.17) is 10.5 Å². The molecule has 0 aromatic heterocycles. The predicted octanol–water partition coefficient (Wildman–Crippen LogP) is 2.79. The van der Waals surface area contributed by atoms with Gasteiger partial charge in [0.1, 0.15) is 11.8 Å². The molecule has 0 fully saturated rings. The standard InChI is InChI=1S/C13H18F3NO2/c1-2-7-19-10-5-3-9(4-6-10)11(18)8-12(17)13(14,15)16/h3-6,11-12,18H,2,7-8,17H2,1H3. The molecule has 0 bridgehead atoms. The highest BCUT2D eigenvalue weighted by atomic mass is 19.4. The van der Waals surface area contributed by atoms with E-state index in [2.05, 4.69) is 0 Å². The molecule has 0 radical (unpaired) electrons. The molecule has 0 heterocycles. The van der Waals surface area contributed by atoms with Crippen LogP contribution in [0, 0.1) is 0 Å². The van der Waals surface area contributed by atoms with E-state index in [1.54, 1.807) is 24.3 Å². The lowest BCUT2D eigenvalue weighted by Crippen LogP contribution is -2.38. The Bertz CT molecular complexity index is 378. The van der Waals surface area contributed by atoms with E-state index in [9.17, 15) is 18.3 Å². The van der Waals surface area contributed by atoms with Gasteiger partial charge in [-0.15, -0.1) is 0 Å². The maximum absolute atomic E-state index is 12.3. The van der Waals surface area contributed by atoms with E-state index in [0.717, 1.165) is 6.42 Å². The second kappa shape index (κ2) is 6.77. The Labute approximate surface area is 110 Å². The van der Waals surface area contributed by atoms with E-state index in [0.29, 0.717) is 17.9 Å². The SMILES string of the molecule is CCCOc1ccc(C(O)CC(N)C(F)(F)F)cc1. The van der Waals surface area contributed by atoms with E-state index in [1.807, 2.05) is 6.92 Å². The molecule has 1 aromatic rings. The van der Waals surface area contributed by atoms with E-state index < -0.39 is 24.7 Å². The van der Waals surface area contributed by atoms with Crippen molar-refractivity contribution in [1.29, 1.82) is 0 Å². The Morgan fingerprint density at radius 3 is 2.32 bits per heavy atom. The second-order valence-corrected chi connectivity index (χ2v) is 4.32. The fraction of sp³-hybridized carbons (Fsp3) is 0.538. The molecule has 0 amide bonds. The topological polar surface area (TPSA) is 55.5 Å². The van der Waals surface area contributed by atoms with Crippen LogP contribution in [-0.2, 0) is 0 Å². The highest BCUT2D eigenvalue weighted by Crippen LogP contribution is 2.27. The summed E-state index contributed by atoms with van der Waals surface area (Å²) in [6, 6.07) is 4.29. The average Bonchev–Trinajstić information content (AvgIpc) is 2.35. The molecular weight excluding hydrogens is 259 g/mol. The van der Waals surface area contributed by atoms with Crippen LogP contribution in [0.3, 0.4) is 0 Å². The molecule has 3 N–H and O–H groups in total. The summed E-state index contributed by atoms with van der Waals surface area (Å²) in [4.78, 5) is 0. The summed E-state index contributed by atoms with van der Waals surface area (Å²) >= 11 is 0. The van der Waals surface area contributed by atoms with Gasteiger partial charge in [0.2, 0.25) is 0 Å². The van der Waals surface area contributed by atoms with Crippen molar-refractivity contribution >= 4 is 0 Å². The van der Waals surface area contributed by atoms with Crippen molar-refractivity contribution in [3.63, 3.8) is 0 Å². The summed E-state index contributed by atoms with van der Waals surface area (Å²) in [7, 11) is 0. The summed E-state index contributed by atoms with van der Waals surface area (Å²) in [5.74, 6) is 0.623. The van der Waals surface area contributed by atoms with Crippen LogP contribution in [0.15, 0.2) is 24.3 Å². The first-order valence-corrected chi connectivity index (χ1v) is 6.07. The zero-order valence-corrected chi connectivity index (χ0v) is 10.7. The lowest BCUT2D eigenvalue weighted by molar-refractivity contribution is -0.153. The van der Waals surface area contributed by atoms with Gasteiger partial charge in [-0.2, -0.15) is 13.2 Å². The van der Waals surface area contributed by atoms with Crippen molar-refractivity contribution in [3.05, 3.63) is 29.8 Å². The highest BCUT2D eigenvalue weighted by molar-refractivity contribution is 5.28. The molecule has 0 aliphatic rings. The van der Waals surface area contributed by atoms with Gasteiger partial charge in [-0.1, -0.05) is 19.1 Å². The lowest BCUT2D eigenvalue weighted by atomic mass is 10.0. The molecule has 6 heteroatoms. The van der Waals surface area contributed by atoms with Gasteiger partial charge < -0.3 is 15.6 Å². The Morgan fingerprint density at radius 2 is 1.84 bits per heavy atom. The Hall–Kier alpha value is -1.27. The Kier molecular flexibility index (Phi) is 5.62. The summed E-state index contributed by atoms with van der Waals surface area (Å²) in [6.07, 6.45) is -5.42. The van der Waals surface area contributed by atoms with Crippen molar-refractivity contribution in [3.8, 4) is 5.75 Å². The number of alkyl halides is 3. The number of nitrogens with two attached hydrogens (primary N) is 1. The first-order chi connectivity index (χ1) is 8.84. The predicted molar refractivity (Wildman–Crippen MR) is 65.8 cm³/mol. The minimum Gasteiger partial charge on any atom is -0.494 e. The van der Waals surface area contributed by atoms with Gasteiger partial charge in [-0.05, 0) is 24.1 Å². The Morgan fingerprint density at radius 1 is 1.26 bits per heavy atom. The monoisotopic (exact) mass is 277 g/mol. The quantitative estimate of drug-likeness (QED) is 0.840. The van der Waals surface area contributed by atoms with Gasteiger partial charge >= 0.3 is 6.18 Å². The van der Waals surface area contributed by atoms with E-state index in [1.165, 1.54) is 0 Å². The van der Waals surface area contributed by atoms with Crippen LogP contribution in [0.5, 0.6) is 5.75 Å². The fourth-order valence-electron chi connectivity index (χ4n) is 1.52. The van der Waals surface area contributed by atoms with Crippen molar-refractivity contribution in [2.45, 2.75) is 38.1 Å². The maximum Gasteiger partial charge on any atom is 0.403 e. The number of halogens is 3. The molecule has 0 aliphatic heterocycles. The van der Waals surface area contributed by atoms with Crippen molar-refractivity contribution < 1.29 is 23.0 Å². The molecule has 1 rings (SSSR count). The van der Waals surface area contributed by atoms with Gasteiger partial charge in [0.25, 0.3) is 0 Å². The van der Waals surface area contributed by atoms with Gasteiger partial charge in [-0.3, -0.25) is 0 Å². The third-order valence-electron chi connectivity index (χ3n) is 2.64. The van der Waals surface area contributed by atoms with E-state index >= 15 is 0 Å². The van der Waals surface area contributed by atoms with Crippen LogP contribution >= 0.6 is 0 Å². The molecule has 3 nitrogen and oxygen atoms in total. The molecule has 0 spiro atoms. The minimum absolute atomic E-state index is 0.392. The third kappa shape index (κ3) is 5.08. The first-order valence-electron chi connectivity index (χ1n) is 6.07. The molecule has 2 atom stereocenters. The van der Waals surface area contributed by atoms with Crippen LogP contribution in [0.4, 0.5) is 13.2 Å². The maximum atomic E-state index is 12.3. The summed E-state index contributed by atoms with van der Waals surface area (Å²) in [5, 5.41) is 9.70. The fourth-order valence-corrected chi connectivity index (χ4v) is 1.52. The second-order valence-electron chi connectivity index (χ2n) is 4.32. The summed E-state index contributed by atoms with van der Waals surface area (Å²) in [6.45, 7) is 2.54. The highest BCUT2D eigenvalue weighted by Gasteiger charge is 2.37. The number of ether oxygens (including phenoxy) is 1. The molecule has 0 saturated heterocycles. The summed E-state index contributed by atoms with van der Waals surface area (Å²) in [5.41, 5.74) is 5.37. The van der Waals surface area contributed by atoms with Gasteiger partial charge in [0.05, 0.1) is 12.7 Å². The molecular formula is C13H18F3NO2. The number of hydrogen-bond donors (Lipinski definition) is 2. The van der Waals surface area contributed by atoms with Gasteiger partial charge in [-0.25, -0.2) is 0 Å². The van der Waals surface area contributed by atoms with Crippen molar-refractivity contribution in [1.82, 2.24) is 0 Å². The van der Waals surface area contributed by atoms with Crippen LogP contribution < -0.4 is 10.5 Å². The molecule has 108 valence electrons. The molecule has 0 saturated carbocycles. The smallest absolute Gasteiger partial charge is 0.403 e. The number of aliphatic hydroxyl groups excluding tert-OH is 1. The van der Waals surface area contributed by atoms with E-state index in [-0.39, 0.29) is 0 Å². The molecule has 2 unspecified atom stereocenters. The van der Waals surface area contributed by atoms with Gasteiger partial charge in [0.15, 0.2) is 0 Å². The molecule has 1 aromatic carbocycles. The number of benzene rings is 1. The van der Waals surface area contributed by atoms with Gasteiger partial charge in [0, 0.05) is 6.42 Å². The Balaban J connectivity index is 2.60. The van der Waals surface area contributed by atoms with Crippen LogP contribution in [0.25, 0.3) is 0 Å². The number of hydrogen-bond acceptors (Lipinski definition) is 3. The average molecular weight is 277 g/mol. The zero-order chi connectivity index (χ0) is 14.5. The van der Waals surface area contributed by atoms with Crippen LogP contribution in [0.1, 0.15) is 31.4 Å². The number of aliphatic hydroxyl groups is 1. The van der Waals surface area contributed by atoms with Crippen molar-refractivity contribution in [2.75, 3.05) is 6.61 Å². The largest absolute Gasteiger partial charge is 0.494 e. The van der Waals surface area contributed by atoms with Crippen molar-refractivity contribution in [2.24, 2.45) is 5.73 Å². The number of rotatable bonds is 6.